The SMILES string of the molecule is C#Cc1cccc(Nc2c(C#N)cnc3cc(OC4CCOC4)c(NC(=O)/C=C/CN(C)[C@H](C)O)cc23)c1. The number of aromatic nitrogens is 1. The van der Waals surface area contributed by atoms with Gasteiger partial charge in [0.05, 0.1) is 35.7 Å². The Morgan fingerprint density at radius 1 is 1.42 bits per heavy atom. The number of hydrogen-bond donors (Lipinski definition) is 3. The van der Waals surface area contributed by atoms with Crippen LogP contribution in [0.3, 0.4) is 0 Å². The second-order valence-corrected chi connectivity index (χ2v) is 8.94. The molecule has 1 aliphatic heterocycles. The zero-order valence-corrected chi connectivity index (χ0v) is 21.3. The molecule has 1 amide bonds. The van der Waals surface area contributed by atoms with E-state index in [0.717, 1.165) is 6.42 Å². The molecule has 9 nitrogen and oxygen atoms in total. The predicted molar refractivity (Wildman–Crippen MR) is 146 cm³/mol. The Kier molecular flexibility index (Phi) is 8.57. The van der Waals surface area contributed by atoms with E-state index < -0.39 is 6.23 Å². The summed E-state index contributed by atoms with van der Waals surface area (Å²) in [5.74, 6) is 2.69. The van der Waals surface area contributed by atoms with Gasteiger partial charge < -0.3 is 25.2 Å². The van der Waals surface area contributed by atoms with Crippen LogP contribution in [0.15, 0.2) is 54.7 Å². The highest BCUT2D eigenvalue weighted by molar-refractivity contribution is 6.04. The molecule has 2 atom stereocenters. The van der Waals surface area contributed by atoms with Crippen molar-refractivity contribution in [3.63, 3.8) is 0 Å². The Labute approximate surface area is 221 Å². The van der Waals surface area contributed by atoms with E-state index in [1.807, 2.05) is 24.3 Å². The molecular weight excluding hydrogens is 482 g/mol. The molecule has 194 valence electrons. The van der Waals surface area contributed by atoms with Gasteiger partial charge in [0, 0.05) is 47.9 Å². The zero-order valence-electron chi connectivity index (χ0n) is 21.3. The van der Waals surface area contributed by atoms with Gasteiger partial charge in [-0.15, -0.1) is 6.42 Å². The van der Waals surface area contributed by atoms with E-state index in [1.54, 1.807) is 37.1 Å². The first-order valence-corrected chi connectivity index (χ1v) is 12.2. The minimum absolute atomic E-state index is 0.152. The summed E-state index contributed by atoms with van der Waals surface area (Å²) in [5.41, 5.74) is 3.29. The lowest BCUT2D eigenvalue weighted by atomic mass is 10.1. The summed E-state index contributed by atoms with van der Waals surface area (Å²) in [7, 11) is 1.75. The van der Waals surface area contributed by atoms with Crippen molar-refractivity contribution in [2.45, 2.75) is 25.7 Å². The molecule has 0 spiro atoms. The molecular formula is C29H29N5O4. The topological polar surface area (TPSA) is 120 Å². The van der Waals surface area contributed by atoms with Crippen molar-refractivity contribution >= 4 is 33.9 Å². The van der Waals surface area contributed by atoms with Crippen LogP contribution in [0.2, 0.25) is 0 Å². The van der Waals surface area contributed by atoms with E-state index in [0.29, 0.717) is 64.6 Å². The number of pyridine rings is 1. The lowest BCUT2D eigenvalue weighted by Gasteiger charge is -2.19. The van der Waals surface area contributed by atoms with Gasteiger partial charge in [-0.1, -0.05) is 18.1 Å². The normalized spacial score (nSPS) is 15.8. The highest BCUT2D eigenvalue weighted by Gasteiger charge is 2.21. The quantitative estimate of drug-likeness (QED) is 0.226. The molecule has 3 aromatic rings. The van der Waals surface area contributed by atoms with Crippen LogP contribution in [0.1, 0.15) is 24.5 Å². The van der Waals surface area contributed by atoms with Crippen LogP contribution in [0.5, 0.6) is 5.75 Å². The second-order valence-electron chi connectivity index (χ2n) is 8.94. The van der Waals surface area contributed by atoms with Crippen molar-refractivity contribution in [2.24, 2.45) is 0 Å². The largest absolute Gasteiger partial charge is 0.486 e. The van der Waals surface area contributed by atoms with Crippen LogP contribution >= 0.6 is 0 Å². The minimum atomic E-state index is -0.633. The minimum Gasteiger partial charge on any atom is -0.486 e. The molecule has 0 saturated carbocycles. The fourth-order valence-corrected chi connectivity index (χ4v) is 3.90. The molecule has 2 heterocycles. The van der Waals surface area contributed by atoms with E-state index in [2.05, 4.69) is 27.6 Å². The molecule has 2 aromatic carbocycles. The third-order valence-electron chi connectivity index (χ3n) is 6.13. The van der Waals surface area contributed by atoms with Crippen molar-refractivity contribution in [3.8, 4) is 24.2 Å². The molecule has 0 aliphatic carbocycles. The number of carbonyl (C=O) groups is 1. The van der Waals surface area contributed by atoms with Gasteiger partial charge in [-0.2, -0.15) is 5.26 Å². The predicted octanol–water partition coefficient (Wildman–Crippen LogP) is 3.76. The van der Waals surface area contributed by atoms with E-state index in [9.17, 15) is 15.2 Å². The Balaban J connectivity index is 1.72. The Morgan fingerprint density at radius 3 is 2.97 bits per heavy atom. The summed E-state index contributed by atoms with van der Waals surface area (Å²) in [6.07, 6.45) is 10.1. The first-order chi connectivity index (χ1) is 18.4. The van der Waals surface area contributed by atoms with Crippen LogP contribution in [0, 0.1) is 23.7 Å². The Bertz CT molecular complexity index is 1430. The van der Waals surface area contributed by atoms with E-state index in [4.69, 9.17) is 15.9 Å². The van der Waals surface area contributed by atoms with Crippen molar-refractivity contribution in [1.82, 2.24) is 9.88 Å². The van der Waals surface area contributed by atoms with Crippen molar-refractivity contribution in [3.05, 3.63) is 65.9 Å². The smallest absolute Gasteiger partial charge is 0.248 e. The van der Waals surface area contributed by atoms with E-state index in [-0.39, 0.29) is 12.0 Å². The maximum Gasteiger partial charge on any atom is 0.248 e. The number of nitriles is 1. The maximum absolute atomic E-state index is 12.8. The van der Waals surface area contributed by atoms with Gasteiger partial charge in [0.1, 0.15) is 24.2 Å². The first-order valence-electron chi connectivity index (χ1n) is 12.2. The van der Waals surface area contributed by atoms with Gasteiger partial charge in [0.25, 0.3) is 0 Å². The summed E-state index contributed by atoms with van der Waals surface area (Å²) in [6, 6.07) is 13.0. The molecule has 0 bridgehead atoms. The molecule has 1 aromatic heterocycles. The summed E-state index contributed by atoms with van der Waals surface area (Å²) in [5, 5.41) is 26.2. The fraction of sp³-hybridized carbons (Fsp3) is 0.276. The van der Waals surface area contributed by atoms with Crippen LogP contribution in [-0.2, 0) is 9.53 Å². The zero-order chi connectivity index (χ0) is 27.1. The van der Waals surface area contributed by atoms with Crippen LogP contribution < -0.4 is 15.4 Å². The summed E-state index contributed by atoms with van der Waals surface area (Å²) < 4.78 is 11.6. The number of anilines is 3. The number of rotatable bonds is 9. The molecule has 3 N–H and O–H groups in total. The average Bonchev–Trinajstić information content (AvgIpc) is 3.42. The van der Waals surface area contributed by atoms with Gasteiger partial charge >= 0.3 is 0 Å². The van der Waals surface area contributed by atoms with Crippen LogP contribution in [-0.4, -0.2) is 60.0 Å². The third kappa shape index (κ3) is 6.47. The molecule has 38 heavy (non-hydrogen) atoms. The molecule has 1 fully saturated rings. The number of aliphatic hydroxyl groups is 1. The lowest BCUT2D eigenvalue weighted by molar-refractivity contribution is -0.112. The number of amides is 1. The van der Waals surface area contributed by atoms with Crippen molar-refractivity contribution in [1.29, 1.82) is 5.26 Å². The Morgan fingerprint density at radius 2 is 2.26 bits per heavy atom. The number of aliphatic hydroxyl groups excluding tert-OH is 1. The standard InChI is InChI=1S/C29H29N5O4/c1-4-20-7-5-8-22(13-20)32-29-21(16-30)17-31-25-15-27(38-23-10-12-37-18-23)26(14-24(25)29)33-28(36)9-6-11-34(3)19(2)35/h1,5-9,13-15,17,19,23,35H,10-12,18H2,2-3H3,(H,31,32)(H,33,36)/b9-6+/t19-,23?/m0/s1. The number of nitrogens with one attached hydrogen (secondary N) is 2. The molecule has 1 unspecified atom stereocenters. The van der Waals surface area contributed by atoms with Crippen LogP contribution in [0.4, 0.5) is 17.1 Å². The number of carbonyl (C=O) groups excluding carboxylic acids is 1. The summed E-state index contributed by atoms with van der Waals surface area (Å²) in [4.78, 5) is 18.9. The lowest BCUT2D eigenvalue weighted by Crippen LogP contribution is -2.28. The highest BCUT2D eigenvalue weighted by atomic mass is 16.5. The summed E-state index contributed by atoms with van der Waals surface area (Å²) in [6.45, 7) is 3.10. The van der Waals surface area contributed by atoms with Crippen molar-refractivity contribution in [2.75, 3.05) is 37.4 Å². The van der Waals surface area contributed by atoms with Gasteiger partial charge in [0.2, 0.25) is 5.91 Å². The third-order valence-corrected chi connectivity index (χ3v) is 6.13. The number of terminal acetylenes is 1. The summed E-state index contributed by atoms with van der Waals surface area (Å²) >= 11 is 0. The van der Waals surface area contributed by atoms with Gasteiger partial charge in [-0.05, 0) is 38.2 Å². The fourth-order valence-electron chi connectivity index (χ4n) is 3.90. The molecule has 4 rings (SSSR count). The van der Waals surface area contributed by atoms with Gasteiger partial charge in [0.15, 0.2) is 0 Å². The van der Waals surface area contributed by atoms with Crippen molar-refractivity contribution < 1.29 is 19.4 Å². The Hall–Kier alpha value is -4.41. The number of hydrogen-bond acceptors (Lipinski definition) is 8. The molecule has 1 aliphatic rings. The van der Waals surface area contributed by atoms with Gasteiger partial charge in [-0.3, -0.25) is 14.7 Å². The maximum atomic E-state index is 12.8. The number of likely N-dealkylation sites (N-methyl/N-ethyl adjacent to an activating group) is 1. The monoisotopic (exact) mass is 511 g/mol. The first kappa shape index (κ1) is 26.6. The average molecular weight is 512 g/mol. The van der Waals surface area contributed by atoms with E-state index in [1.165, 1.54) is 12.3 Å². The highest BCUT2D eigenvalue weighted by Crippen LogP contribution is 2.37. The number of ether oxygens (including phenoxy) is 2. The number of nitrogens with zero attached hydrogens (tertiary/aromatic N) is 3. The number of benzene rings is 2. The number of fused-ring (bicyclic) bond motifs is 1. The van der Waals surface area contributed by atoms with Crippen LogP contribution in [0.25, 0.3) is 10.9 Å². The molecule has 1 saturated heterocycles. The van der Waals surface area contributed by atoms with Gasteiger partial charge in [-0.25, -0.2) is 0 Å². The molecule has 9 heteroatoms. The second kappa shape index (κ2) is 12.2. The van der Waals surface area contributed by atoms with E-state index >= 15 is 0 Å². The molecule has 0 radical (unpaired) electrons.